The van der Waals surface area contributed by atoms with Gasteiger partial charge in [0, 0.05) is 11.6 Å². The van der Waals surface area contributed by atoms with Crippen LogP contribution in [0, 0.1) is 6.92 Å². The van der Waals surface area contributed by atoms with Crippen LogP contribution in [0.3, 0.4) is 0 Å². The van der Waals surface area contributed by atoms with Gasteiger partial charge in [-0.1, -0.05) is 31.4 Å². The van der Waals surface area contributed by atoms with E-state index >= 15 is 0 Å². The van der Waals surface area contributed by atoms with E-state index in [4.69, 9.17) is 14.2 Å². The molecule has 0 saturated carbocycles. The van der Waals surface area contributed by atoms with E-state index in [2.05, 4.69) is 13.2 Å². The van der Waals surface area contributed by atoms with E-state index in [0.717, 1.165) is 12.1 Å². The summed E-state index contributed by atoms with van der Waals surface area (Å²) in [5.41, 5.74) is -0.109. The number of esters is 2. The Morgan fingerprint density at radius 1 is 1.10 bits per heavy atom. The van der Waals surface area contributed by atoms with Gasteiger partial charge in [0.05, 0.1) is 0 Å². The maximum atomic E-state index is 13.6. The lowest BCUT2D eigenvalue weighted by Gasteiger charge is -2.18. The first-order valence-corrected chi connectivity index (χ1v) is 8.65. The van der Waals surface area contributed by atoms with Crippen molar-refractivity contribution in [2.24, 2.45) is 0 Å². The van der Waals surface area contributed by atoms with Crippen LogP contribution >= 0.6 is 0 Å². The van der Waals surface area contributed by atoms with Crippen molar-refractivity contribution < 1.29 is 37.0 Å². The van der Waals surface area contributed by atoms with Gasteiger partial charge in [-0.05, 0) is 48.7 Å². The van der Waals surface area contributed by atoms with Crippen molar-refractivity contribution in [3.63, 3.8) is 0 Å². The molecule has 2 aromatic carbocycles. The second kappa shape index (κ2) is 9.30. The number of halogens is 3. The van der Waals surface area contributed by atoms with Crippen molar-refractivity contribution in [3.05, 3.63) is 72.3 Å². The molecule has 0 aliphatic carbocycles. The molecule has 0 N–H and O–H groups in total. The number of carbonyl (C=O) groups excluding carboxylic acids is 2. The predicted molar refractivity (Wildman–Crippen MR) is 104 cm³/mol. The summed E-state index contributed by atoms with van der Waals surface area (Å²) >= 11 is 0. The quantitative estimate of drug-likeness (QED) is 0.266. The van der Waals surface area contributed by atoms with Crippen LogP contribution in [0.4, 0.5) is 13.2 Å². The van der Waals surface area contributed by atoms with Gasteiger partial charge in [-0.15, -0.1) is 0 Å². The lowest BCUT2D eigenvalue weighted by atomic mass is 9.95. The number of carbonyl (C=O) groups is 2. The first-order valence-electron chi connectivity index (χ1n) is 8.65. The van der Waals surface area contributed by atoms with E-state index < -0.39 is 29.4 Å². The van der Waals surface area contributed by atoms with Crippen LogP contribution in [-0.4, -0.2) is 18.7 Å². The van der Waals surface area contributed by atoms with Gasteiger partial charge in [0.25, 0.3) is 0 Å². The zero-order valence-electron chi connectivity index (χ0n) is 16.3. The fraction of sp³-hybridized carbons (Fsp3) is 0.182. The Kier molecular flexibility index (Phi) is 7.05. The molecule has 0 unspecified atom stereocenters. The second-order valence-corrected chi connectivity index (χ2v) is 6.23. The summed E-state index contributed by atoms with van der Waals surface area (Å²) in [7, 11) is 0. The van der Waals surface area contributed by atoms with Crippen molar-refractivity contribution in [2.45, 2.75) is 20.0 Å². The summed E-state index contributed by atoms with van der Waals surface area (Å²) in [5.74, 6) is -1.81. The Hall–Kier alpha value is -3.55. The van der Waals surface area contributed by atoms with Gasteiger partial charge in [-0.3, -0.25) is 0 Å². The molecule has 158 valence electrons. The topological polar surface area (TPSA) is 61.8 Å². The van der Waals surface area contributed by atoms with E-state index in [0.29, 0.717) is 16.9 Å². The molecule has 0 heterocycles. The first-order chi connectivity index (χ1) is 14.0. The number of ether oxygens (including phenoxy) is 3. The molecule has 2 aromatic rings. The highest BCUT2D eigenvalue weighted by atomic mass is 19.4. The molecule has 5 nitrogen and oxygen atoms in total. The number of hydrogen-bond donors (Lipinski definition) is 0. The molecule has 0 amide bonds. The highest BCUT2D eigenvalue weighted by Crippen LogP contribution is 2.42. The average Bonchev–Trinajstić information content (AvgIpc) is 2.67. The summed E-state index contributed by atoms with van der Waals surface area (Å²) < 4.78 is 55.6. The number of rotatable bonds is 7. The molecular weight excluding hydrogens is 401 g/mol. The molecule has 2 rings (SSSR count). The van der Waals surface area contributed by atoms with Crippen LogP contribution in [-0.2, 0) is 20.5 Å². The highest BCUT2D eigenvalue weighted by molar-refractivity contribution is 5.86. The van der Waals surface area contributed by atoms with Gasteiger partial charge in [0.2, 0.25) is 6.79 Å². The van der Waals surface area contributed by atoms with Crippen LogP contribution < -0.4 is 9.47 Å². The van der Waals surface area contributed by atoms with Gasteiger partial charge < -0.3 is 14.2 Å². The summed E-state index contributed by atoms with van der Waals surface area (Å²) in [6.07, 6.45) is -3.94. The lowest BCUT2D eigenvalue weighted by Crippen LogP contribution is -2.14. The highest BCUT2D eigenvalue weighted by Gasteiger charge is 2.37. The molecule has 0 bridgehead atoms. The maximum absolute atomic E-state index is 13.6. The van der Waals surface area contributed by atoms with Crippen LogP contribution in [0.15, 0.2) is 61.2 Å². The molecule has 0 aliphatic rings. The maximum Gasteiger partial charge on any atom is 0.420 e. The Morgan fingerprint density at radius 3 is 2.27 bits per heavy atom. The molecular formula is C22H19F3O5. The van der Waals surface area contributed by atoms with Gasteiger partial charge in [-0.2, -0.15) is 13.2 Å². The Balaban J connectivity index is 2.28. The summed E-state index contributed by atoms with van der Waals surface area (Å²) in [5, 5.41) is 0. The third-order valence-electron chi connectivity index (χ3n) is 4.02. The fourth-order valence-electron chi connectivity index (χ4n) is 2.59. The van der Waals surface area contributed by atoms with Gasteiger partial charge in [0.15, 0.2) is 0 Å². The normalized spacial score (nSPS) is 10.8. The van der Waals surface area contributed by atoms with Crippen LogP contribution in [0.1, 0.15) is 18.1 Å². The molecule has 30 heavy (non-hydrogen) atoms. The molecule has 8 heteroatoms. The van der Waals surface area contributed by atoms with Crippen LogP contribution in [0.25, 0.3) is 11.1 Å². The Morgan fingerprint density at radius 2 is 1.73 bits per heavy atom. The van der Waals surface area contributed by atoms with Gasteiger partial charge >= 0.3 is 18.1 Å². The third-order valence-corrected chi connectivity index (χ3v) is 4.02. The number of hydrogen-bond acceptors (Lipinski definition) is 5. The zero-order valence-corrected chi connectivity index (χ0v) is 16.3. The zero-order chi connectivity index (χ0) is 22.5. The van der Waals surface area contributed by atoms with E-state index in [1.807, 2.05) is 0 Å². The molecule has 0 atom stereocenters. The number of alkyl halides is 3. The average molecular weight is 420 g/mol. The van der Waals surface area contributed by atoms with E-state index in [9.17, 15) is 22.8 Å². The second-order valence-electron chi connectivity index (χ2n) is 6.23. The lowest BCUT2D eigenvalue weighted by molar-refractivity contribution is -0.145. The van der Waals surface area contributed by atoms with Gasteiger partial charge in [0.1, 0.15) is 17.1 Å². The SMILES string of the molecule is C=CC(=O)Oc1ccc(-c2ccc(OCOC(=O)C(=C)C)cc2)c(C)c1C(F)(F)F. The van der Waals surface area contributed by atoms with Crippen molar-refractivity contribution in [1.82, 2.24) is 0 Å². The summed E-state index contributed by atoms with van der Waals surface area (Å²) in [6.45, 7) is 9.09. The minimum atomic E-state index is -4.73. The third kappa shape index (κ3) is 5.50. The largest absolute Gasteiger partial charge is 0.457 e. The van der Waals surface area contributed by atoms with Crippen LogP contribution in [0.2, 0.25) is 0 Å². The fourth-order valence-corrected chi connectivity index (χ4v) is 2.59. The van der Waals surface area contributed by atoms with Crippen LogP contribution in [0.5, 0.6) is 11.5 Å². The standard InChI is InChI=1S/C22H19F3O5/c1-5-19(26)30-18-11-10-17(14(4)20(18)22(23,24)25)15-6-8-16(9-7-15)28-12-29-21(27)13(2)3/h5-11H,1-2,12H2,3-4H3. The number of benzene rings is 2. The first kappa shape index (κ1) is 22.7. The Bertz CT molecular complexity index is 976. The van der Waals surface area contributed by atoms with E-state index in [1.165, 1.54) is 32.0 Å². The molecule has 0 radical (unpaired) electrons. The van der Waals surface area contributed by atoms with Crippen molar-refractivity contribution in [2.75, 3.05) is 6.79 Å². The smallest absolute Gasteiger partial charge is 0.420 e. The van der Waals surface area contributed by atoms with E-state index in [1.54, 1.807) is 12.1 Å². The predicted octanol–water partition coefficient (Wildman–Crippen LogP) is 5.23. The summed E-state index contributed by atoms with van der Waals surface area (Å²) in [4.78, 5) is 22.7. The Labute approximate surface area is 171 Å². The van der Waals surface area contributed by atoms with Gasteiger partial charge in [-0.25, -0.2) is 9.59 Å². The molecule has 0 aliphatic heterocycles. The van der Waals surface area contributed by atoms with Crippen molar-refractivity contribution in [3.8, 4) is 22.6 Å². The minimum Gasteiger partial charge on any atom is -0.457 e. The van der Waals surface area contributed by atoms with Crippen molar-refractivity contribution in [1.29, 1.82) is 0 Å². The van der Waals surface area contributed by atoms with Crippen molar-refractivity contribution >= 4 is 11.9 Å². The summed E-state index contributed by atoms with van der Waals surface area (Å²) in [6, 6.07) is 8.71. The molecule has 0 aromatic heterocycles. The minimum absolute atomic E-state index is 0.0964. The molecule has 0 fully saturated rings. The monoisotopic (exact) mass is 420 g/mol. The molecule has 0 spiro atoms. The molecule has 0 saturated heterocycles. The van der Waals surface area contributed by atoms with E-state index in [-0.39, 0.29) is 17.9 Å².